The fraction of sp³-hybridized carbons (Fsp3) is 0.273. The third-order valence-corrected chi connectivity index (χ3v) is 5.49. The van der Waals surface area contributed by atoms with E-state index in [4.69, 9.17) is 4.74 Å². The van der Waals surface area contributed by atoms with Crippen LogP contribution < -0.4 is 10.1 Å². The molecule has 146 valence electrons. The number of nitrogens with zero attached hydrogens (tertiary/aromatic N) is 2. The van der Waals surface area contributed by atoms with E-state index >= 15 is 0 Å². The highest BCUT2D eigenvalue weighted by atomic mass is 32.2. The van der Waals surface area contributed by atoms with Gasteiger partial charge in [0.05, 0.1) is 18.6 Å². The lowest BCUT2D eigenvalue weighted by atomic mass is 10.0. The van der Waals surface area contributed by atoms with Crippen LogP contribution in [0.15, 0.2) is 60.0 Å². The zero-order valence-electron chi connectivity index (χ0n) is 16.4. The molecule has 0 saturated carbocycles. The Bertz CT molecular complexity index is 913. The van der Waals surface area contributed by atoms with Crippen LogP contribution in [-0.2, 0) is 17.6 Å². The van der Waals surface area contributed by atoms with Gasteiger partial charge in [-0.05, 0) is 48.2 Å². The molecule has 0 saturated heterocycles. The topological polar surface area (TPSA) is 56.2 Å². The zero-order valence-corrected chi connectivity index (χ0v) is 17.3. The number of methoxy groups -OCH3 is 1. The molecule has 6 heteroatoms. The lowest BCUT2D eigenvalue weighted by molar-refractivity contribution is -0.113. The van der Waals surface area contributed by atoms with Crippen LogP contribution in [-0.4, -0.2) is 28.3 Å². The minimum absolute atomic E-state index is 0.0655. The summed E-state index contributed by atoms with van der Waals surface area (Å²) in [6, 6.07) is 13.7. The van der Waals surface area contributed by atoms with Crippen LogP contribution in [0.2, 0.25) is 0 Å². The van der Waals surface area contributed by atoms with E-state index < -0.39 is 0 Å². The van der Waals surface area contributed by atoms with Gasteiger partial charge in [0.15, 0.2) is 5.16 Å². The highest BCUT2D eigenvalue weighted by molar-refractivity contribution is 7.99. The number of ether oxygens (including phenoxy) is 1. The van der Waals surface area contributed by atoms with Gasteiger partial charge in [-0.1, -0.05) is 43.8 Å². The first-order chi connectivity index (χ1) is 13.7. The number of aryl methyl sites for hydroxylation is 2. The Kier molecular flexibility index (Phi) is 6.76. The van der Waals surface area contributed by atoms with Gasteiger partial charge in [-0.3, -0.25) is 9.36 Å². The maximum Gasteiger partial charge on any atom is 0.234 e. The predicted molar refractivity (Wildman–Crippen MR) is 115 cm³/mol. The second-order valence-electron chi connectivity index (χ2n) is 6.28. The Morgan fingerprint density at radius 1 is 1.11 bits per heavy atom. The molecule has 1 heterocycles. The quantitative estimate of drug-likeness (QED) is 0.560. The van der Waals surface area contributed by atoms with Crippen molar-refractivity contribution in [3.05, 3.63) is 66.0 Å². The summed E-state index contributed by atoms with van der Waals surface area (Å²) in [7, 11) is 1.62. The summed E-state index contributed by atoms with van der Waals surface area (Å²) in [5.74, 6) is 0.985. The lowest BCUT2D eigenvalue weighted by Crippen LogP contribution is -2.14. The number of hydrogen-bond acceptors (Lipinski definition) is 4. The van der Waals surface area contributed by atoms with Crippen molar-refractivity contribution >= 4 is 23.4 Å². The number of rotatable bonds is 8. The average molecular weight is 396 g/mol. The molecule has 0 unspecified atom stereocenters. The molecule has 0 aliphatic heterocycles. The molecule has 0 spiro atoms. The third kappa shape index (κ3) is 4.57. The van der Waals surface area contributed by atoms with Crippen molar-refractivity contribution in [3.8, 4) is 11.4 Å². The number of hydrogen-bond donors (Lipinski definition) is 1. The Labute approximate surface area is 170 Å². The summed E-state index contributed by atoms with van der Waals surface area (Å²) in [5.41, 5.74) is 4.49. The molecule has 0 bridgehead atoms. The van der Waals surface area contributed by atoms with Crippen molar-refractivity contribution in [1.82, 2.24) is 9.55 Å². The molecular weight excluding hydrogens is 370 g/mol. The number of para-hydroxylation sites is 1. The molecule has 1 N–H and O–H groups in total. The SMILES string of the molecule is CCc1cccc(CC)c1-n1ccnc1SCC(=O)Nc1ccc(OC)cc1. The molecule has 0 radical (unpaired) electrons. The van der Waals surface area contributed by atoms with E-state index in [9.17, 15) is 4.79 Å². The summed E-state index contributed by atoms with van der Waals surface area (Å²) in [5, 5.41) is 3.73. The number of anilines is 1. The van der Waals surface area contributed by atoms with Gasteiger partial charge in [0.1, 0.15) is 5.75 Å². The Balaban J connectivity index is 1.72. The lowest BCUT2D eigenvalue weighted by Gasteiger charge is -2.16. The second-order valence-corrected chi connectivity index (χ2v) is 7.22. The Morgan fingerprint density at radius 2 is 1.79 bits per heavy atom. The normalized spacial score (nSPS) is 10.7. The van der Waals surface area contributed by atoms with Gasteiger partial charge < -0.3 is 10.1 Å². The fourth-order valence-corrected chi connectivity index (χ4v) is 3.85. The Hall–Kier alpha value is -2.73. The van der Waals surface area contributed by atoms with Crippen LogP contribution in [0.25, 0.3) is 5.69 Å². The molecule has 0 fully saturated rings. The van der Waals surface area contributed by atoms with Crippen molar-refractivity contribution in [3.63, 3.8) is 0 Å². The van der Waals surface area contributed by atoms with E-state index in [1.165, 1.54) is 28.6 Å². The summed E-state index contributed by atoms with van der Waals surface area (Å²) in [6.07, 6.45) is 5.65. The zero-order chi connectivity index (χ0) is 19.9. The number of nitrogens with one attached hydrogen (secondary N) is 1. The highest BCUT2D eigenvalue weighted by Gasteiger charge is 2.14. The van der Waals surface area contributed by atoms with Gasteiger partial charge in [-0.2, -0.15) is 0 Å². The number of benzene rings is 2. The molecule has 3 rings (SSSR count). The maximum absolute atomic E-state index is 12.4. The van der Waals surface area contributed by atoms with Crippen molar-refractivity contribution in [2.24, 2.45) is 0 Å². The number of amides is 1. The number of carbonyl (C=O) groups is 1. The van der Waals surface area contributed by atoms with Gasteiger partial charge in [0.25, 0.3) is 0 Å². The number of thioether (sulfide) groups is 1. The number of carbonyl (C=O) groups excluding carboxylic acids is 1. The van der Waals surface area contributed by atoms with Gasteiger partial charge in [0.2, 0.25) is 5.91 Å². The standard InChI is InChI=1S/C22H25N3O2S/c1-4-16-7-6-8-17(5-2)21(16)25-14-13-23-22(25)28-15-20(26)24-18-9-11-19(27-3)12-10-18/h6-14H,4-5,15H2,1-3H3,(H,24,26). The van der Waals surface area contributed by atoms with Crippen LogP contribution >= 0.6 is 11.8 Å². The van der Waals surface area contributed by atoms with Crippen LogP contribution in [0.5, 0.6) is 5.75 Å². The number of aromatic nitrogens is 2. The third-order valence-electron chi connectivity index (χ3n) is 4.52. The summed E-state index contributed by atoms with van der Waals surface area (Å²) >= 11 is 1.44. The molecule has 0 atom stereocenters. The first-order valence-electron chi connectivity index (χ1n) is 9.37. The largest absolute Gasteiger partial charge is 0.497 e. The minimum atomic E-state index is -0.0655. The maximum atomic E-state index is 12.4. The van der Waals surface area contributed by atoms with Crippen LogP contribution in [0.4, 0.5) is 5.69 Å². The van der Waals surface area contributed by atoms with E-state index in [2.05, 4.69) is 46.9 Å². The average Bonchev–Trinajstić information content (AvgIpc) is 3.20. The van der Waals surface area contributed by atoms with Crippen molar-refractivity contribution < 1.29 is 9.53 Å². The summed E-state index contributed by atoms with van der Waals surface area (Å²) in [6.45, 7) is 4.31. The van der Waals surface area contributed by atoms with E-state index in [-0.39, 0.29) is 5.91 Å². The molecule has 0 aliphatic carbocycles. The Morgan fingerprint density at radius 3 is 2.39 bits per heavy atom. The first-order valence-corrected chi connectivity index (χ1v) is 10.4. The van der Waals surface area contributed by atoms with E-state index in [1.54, 1.807) is 13.3 Å². The molecule has 1 amide bonds. The van der Waals surface area contributed by atoms with Crippen LogP contribution in [0.3, 0.4) is 0 Å². The fourth-order valence-electron chi connectivity index (χ4n) is 3.09. The molecule has 3 aromatic rings. The molecule has 1 aromatic heterocycles. The second kappa shape index (κ2) is 9.46. The molecule has 0 aliphatic rings. The van der Waals surface area contributed by atoms with Crippen molar-refractivity contribution in [2.45, 2.75) is 31.8 Å². The number of imidazole rings is 1. The van der Waals surface area contributed by atoms with Crippen molar-refractivity contribution in [2.75, 3.05) is 18.2 Å². The minimum Gasteiger partial charge on any atom is -0.497 e. The monoisotopic (exact) mass is 395 g/mol. The van der Waals surface area contributed by atoms with Gasteiger partial charge in [0, 0.05) is 18.1 Å². The summed E-state index contributed by atoms with van der Waals surface area (Å²) < 4.78 is 7.24. The van der Waals surface area contributed by atoms with Gasteiger partial charge in [-0.15, -0.1) is 0 Å². The highest BCUT2D eigenvalue weighted by Crippen LogP contribution is 2.27. The molecule has 28 heavy (non-hydrogen) atoms. The predicted octanol–water partition coefficient (Wildman–Crippen LogP) is 4.74. The van der Waals surface area contributed by atoms with Crippen LogP contribution in [0.1, 0.15) is 25.0 Å². The van der Waals surface area contributed by atoms with Gasteiger partial charge in [-0.25, -0.2) is 4.98 Å². The van der Waals surface area contributed by atoms with Crippen molar-refractivity contribution in [1.29, 1.82) is 0 Å². The van der Waals surface area contributed by atoms with E-state index in [0.717, 1.165) is 29.4 Å². The summed E-state index contributed by atoms with van der Waals surface area (Å²) in [4.78, 5) is 16.8. The molecule has 2 aromatic carbocycles. The van der Waals surface area contributed by atoms with Crippen LogP contribution in [0, 0.1) is 0 Å². The van der Waals surface area contributed by atoms with E-state index in [0.29, 0.717) is 5.75 Å². The molecular formula is C22H25N3O2S. The first kappa shape index (κ1) is 20.0. The van der Waals surface area contributed by atoms with Gasteiger partial charge >= 0.3 is 0 Å². The smallest absolute Gasteiger partial charge is 0.234 e. The van der Waals surface area contributed by atoms with E-state index in [1.807, 2.05) is 30.5 Å². The molecule has 5 nitrogen and oxygen atoms in total.